The van der Waals surface area contributed by atoms with Crippen molar-refractivity contribution in [3.8, 4) is 0 Å². The standard InChI is InChI=1S/C23H28FN5.HI/c1-17-22(18(2)29(28-17)16-20-8-5-4-6-9-20)15-27-23(25-3)26-13-12-19-10-7-11-21(24)14-19;/h4-11,14H,12-13,15-16H2,1-3H3,(H2,25,26,27);1H. The highest BCUT2D eigenvalue weighted by atomic mass is 127. The molecular formula is C23H29FIN5. The molecule has 5 nitrogen and oxygen atoms in total. The van der Waals surface area contributed by atoms with Gasteiger partial charge in [-0.3, -0.25) is 9.67 Å². The van der Waals surface area contributed by atoms with Gasteiger partial charge in [0.1, 0.15) is 5.82 Å². The molecule has 0 bridgehead atoms. The fourth-order valence-corrected chi connectivity index (χ4v) is 3.31. The van der Waals surface area contributed by atoms with Crippen molar-refractivity contribution in [3.05, 3.63) is 88.5 Å². The number of aromatic nitrogens is 2. The highest BCUT2D eigenvalue weighted by molar-refractivity contribution is 14.0. The first-order valence-corrected chi connectivity index (χ1v) is 9.82. The summed E-state index contributed by atoms with van der Waals surface area (Å²) in [6, 6.07) is 17.0. The Bertz CT molecular complexity index is 969. The number of aliphatic imine (C=N–C) groups is 1. The van der Waals surface area contributed by atoms with Crippen LogP contribution in [0.5, 0.6) is 0 Å². The monoisotopic (exact) mass is 521 g/mol. The number of benzene rings is 2. The summed E-state index contributed by atoms with van der Waals surface area (Å²) in [4.78, 5) is 4.28. The van der Waals surface area contributed by atoms with E-state index in [1.165, 1.54) is 17.2 Å². The number of guanidine groups is 1. The molecule has 7 heteroatoms. The van der Waals surface area contributed by atoms with E-state index in [1.54, 1.807) is 19.2 Å². The molecule has 2 N–H and O–H groups in total. The molecule has 0 fully saturated rings. The van der Waals surface area contributed by atoms with Crippen LogP contribution < -0.4 is 10.6 Å². The number of hydrogen-bond donors (Lipinski definition) is 2. The molecule has 30 heavy (non-hydrogen) atoms. The van der Waals surface area contributed by atoms with Gasteiger partial charge in [0.2, 0.25) is 0 Å². The molecule has 0 saturated carbocycles. The van der Waals surface area contributed by atoms with Crippen LogP contribution in [0.25, 0.3) is 0 Å². The van der Waals surface area contributed by atoms with E-state index >= 15 is 0 Å². The van der Waals surface area contributed by atoms with Crippen LogP contribution in [0, 0.1) is 19.7 Å². The van der Waals surface area contributed by atoms with Crippen molar-refractivity contribution in [2.24, 2.45) is 4.99 Å². The Morgan fingerprint density at radius 1 is 1.03 bits per heavy atom. The lowest BCUT2D eigenvalue weighted by Crippen LogP contribution is -2.38. The van der Waals surface area contributed by atoms with Gasteiger partial charge < -0.3 is 10.6 Å². The lowest BCUT2D eigenvalue weighted by Gasteiger charge is -2.12. The van der Waals surface area contributed by atoms with Crippen molar-refractivity contribution in [3.63, 3.8) is 0 Å². The fraction of sp³-hybridized carbons (Fsp3) is 0.304. The predicted octanol–water partition coefficient (Wildman–Crippen LogP) is 4.21. The molecule has 0 spiro atoms. The maximum absolute atomic E-state index is 13.3. The van der Waals surface area contributed by atoms with Gasteiger partial charge in [0.05, 0.1) is 12.2 Å². The third kappa shape index (κ3) is 6.55. The van der Waals surface area contributed by atoms with Gasteiger partial charge in [-0.25, -0.2) is 4.39 Å². The summed E-state index contributed by atoms with van der Waals surface area (Å²) in [5.74, 6) is 0.513. The Hall–Kier alpha value is -2.42. The normalized spacial score (nSPS) is 11.1. The minimum absolute atomic E-state index is 0. The zero-order valence-electron chi connectivity index (χ0n) is 17.7. The minimum Gasteiger partial charge on any atom is -0.356 e. The van der Waals surface area contributed by atoms with Crippen molar-refractivity contribution in [1.82, 2.24) is 20.4 Å². The Kier molecular flexibility index (Phi) is 9.29. The number of rotatable bonds is 7. The van der Waals surface area contributed by atoms with Gasteiger partial charge in [0, 0.05) is 31.4 Å². The average molecular weight is 521 g/mol. The summed E-state index contributed by atoms with van der Waals surface area (Å²) < 4.78 is 15.3. The molecule has 0 aliphatic rings. The van der Waals surface area contributed by atoms with Crippen molar-refractivity contribution in [2.75, 3.05) is 13.6 Å². The maximum Gasteiger partial charge on any atom is 0.191 e. The summed E-state index contributed by atoms with van der Waals surface area (Å²) >= 11 is 0. The number of hydrogen-bond acceptors (Lipinski definition) is 2. The largest absolute Gasteiger partial charge is 0.356 e. The predicted molar refractivity (Wildman–Crippen MR) is 131 cm³/mol. The molecule has 3 rings (SSSR count). The Labute approximate surface area is 194 Å². The van der Waals surface area contributed by atoms with Crippen LogP contribution in [0.3, 0.4) is 0 Å². The fourth-order valence-electron chi connectivity index (χ4n) is 3.31. The van der Waals surface area contributed by atoms with Gasteiger partial charge in [-0.15, -0.1) is 24.0 Å². The molecule has 1 heterocycles. The highest BCUT2D eigenvalue weighted by Crippen LogP contribution is 2.14. The van der Waals surface area contributed by atoms with Gasteiger partial charge in [-0.1, -0.05) is 42.5 Å². The van der Waals surface area contributed by atoms with Crippen molar-refractivity contribution in [1.29, 1.82) is 0 Å². The zero-order valence-corrected chi connectivity index (χ0v) is 20.0. The molecule has 0 radical (unpaired) electrons. The van der Waals surface area contributed by atoms with E-state index in [9.17, 15) is 4.39 Å². The second-order valence-electron chi connectivity index (χ2n) is 7.03. The molecule has 0 unspecified atom stereocenters. The number of nitrogens with zero attached hydrogens (tertiary/aromatic N) is 3. The first-order chi connectivity index (χ1) is 14.1. The van der Waals surface area contributed by atoms with Crippen LogP contribution in [0.1, 0.15) is 28.1 Å². The molecule has 0 amide bonds. The van der Waals surface area contributed by atoms with E-state index in [0.717, 1.165) is 35.9 Å². The highest BCUT2D eigenvalue weighted by Gasteiger charge is 2.12. The van der Waals surface area contributed by atoms with Gasteiger partial charge in [0.15, 0.2) is 5.96 Å². The lowest BCUT2D eigenvalue weighted by atomic mass is 10.1. The zero-order chi connectivity index (χ0) is 20.6. The average Bonchev–Trinajstić information content (AvgIpc) is 2.98. The van der Waals surface area contributed by atoms with E-state index in [4.69, 9.17) is 5.10 Å². The number of halogens is 2. The van der Waals surface area contributed by atoms with Gasteiger partial charge >= 0.3 is 0 Å². The topological polar surface area (TPSA) is 54.2 Å². The SMILES string of the molecule is CN=C(NCCc1cccc(F)c1)NCc1c(C)nn(Cc2ccccc2)c1C.I. The molecule has 0 aliphatic heterocycles. The van der Waals surface area contributed by atoms with E-state index in [2.05, 4.69) is 34.7 Å². The summed E-state index contributed by atoms with van der Waals surface area (Å²) in [5, 5.41) is 11.3. The van der Waals surface area contributed by atoms with Crippen LogP contribution >= 0.6 is 24.0 Å². The number of nitrogens with one attached hydrogen (secondary N) is 2. The van der Waals surface area contributed by atoms with Crippen molar-refractivity contribution in [2.45, 2.75) is 33.4 Å². The summed E-state index contributed by atoms with van der Waals surface area (Å²) in [6.07, 6.45) is 0.728. The Morgan fingerprint density at radius 3 is 2.47 bits per heavy atom. The van der Waals surface area contributed by atoms with Crippen LogP contribution in [0.4, 0.5) is 4.39 Å². The Balaban J connectivity index is 0.00000320. The van der Waals surface area contributed by atoms with Crippen molar-refractivity contribution < 1.29 is 4.39 Å². The van der Waals surface area contributed by atoms with Gasteiger partial charge in [0.25, 0.3) is 0 Å². The van der Waals surface area contributed by atoms with E-state index in [1.807, 2.05) is 35.9 Å². The molecule has 0 atom stereocenters. The molecule has 0 aliphatic carbocycles. The third-order valence-corrected chi connectivity index (χ3v) is 4.96. The lowest BCUT2D eigenvalue weighted by molar-refractivity contribution is 0.625. The molecule has 0 saturated heterocycles. The second kappa shape index (κ2) is 11.7. The molecule has 3 aromatic rings. The summed E-state index contributed by atoms with van der Waals surface area (Å²) in [7, 11) is 1.75. The Morgan fingerprint density at radius 2 is 1.77 bits per heavy atom. The van der Waals surface area contributed by atoms with Crippen LogP contribution in [0.2, 0.25) is 0 Å². The second-order valence-corrected chi connectivity index (χ2v) is 7.03. The van der Waals surface area contributed by atoms with Crippen LogP contribution in [0.15, 0.2) is 59.6 Å². The smallest absolute Gasteiger partial charge is 0.191 e. The van der Waals surface area contributed by atoms with E-state index in [0.29, 0.717) is 13.1 Å². The van der Waals surface area contributed by atoms with Crippen molar-refractivity contribution >= 4 is 29.9 Å². The minimum atomic E-state index is -0.205. The molecular weight excluding hydrogens is 492 g/mol. The molecule has 160 valence electrons. The quantitative estimate of drug-likeness (QED) is 0.278. The van der Waals surface area contributed by atoms with Crippen LogP contribution in [-0.2, 0) is 19.5 Å². The first kappa shape index (κ1) is 23.9. The molecule has 1 aromatic heterocycles. The van der Waals surface area contributed by atoms with Gasteiger partial charge in [-0.05, 0) is 43.5 Å². The maximum atomic E-state index is 13.3. The van der Waals surface area contributed by atoms with Crippen LogP contribution in [-0.4, -0.2) is 29.3 Å². The summed E-state index contributed by atoms with van der Waals surface area (Å²) in [6.45, 7) is 6.21. The number of aryl methyl sites for hydroxylation is 1. The molecule has 2 aromatic carbocycles. The van der Waals surface area contributed by atoms with Gasteiger partial charge in [-0.2, -0.15) is 5.10 Å². The third-order valence-electron chi connectivity index (χ3n) is 4.96. The first-order valence-electron chi connectivity index (χ1n) is 9.82. The van der Waals surface area contributed by atoms with E-state index < -0.39 is 0 Å². The van der Waals surface area contributed by atoms with E-state index in [-0.39, 0.29) is 29.8 Å². The summed E-state index contributed by atoms with van der Waals surface area (Å²) in [5.41, 5.74) is 5.53.